The fourth-order valence-electron chi connectivity index (χ4n) is 3.78. The monoisotopic (exact) mass is 268 g/mol. The molecule has 2 aromatic rings. The molecule has 0 amide bonds. The summed E-state index contributed by atoms with van der Waals surface area (Å²) < 4.78 is 0. The summed E-state index contributed by atoms with van der Waals surface area (Å²) >= 11 is 0. The molecule has 2 nitrogen and oxygen atoms in total. The molecule has 1 aromatic carbocycles. The van der Waals surface area contributed by atoms with Crippen LogP contribution in [0.15, 0.2) is 36.7 Å². The first-order valence-corrected chi connectivity index (χ1v) is 7.87. The van der Waals surface area contributed by atoms with Crippen LogP contribution in [0, 0.1) is 5.92 Å². The zero-order valence-electron chi connectivity index (χ0n) is 12.3. The molecule has 3 rings (SSSR count). The lowest BCUT2D eigenvalue weighted by atomic mass is 9.73. The van der Waals surface area contributed by atoms with Gasteiger partial charge in [0.15, 0.2) is 0 Å². The van der Waals surface area contributed by atoms with Crippen LogP contribution in [0.2, 0.25) is 0 Å². The Morgan fingerprint density at radius 2 is 2.15 bits per heavy atom. The van der Waals surface area contributed by atoms with E-state index in [1.807, 2.05) is 12.4 Å². The number of hydrogen-bond donors (Lipinski definition) is 1. The number of rotatable bonds is 3. The van der Waals surface area contributed by atoms with E-state index in [2.05, 4.69) is 36.2 Å². The Hall–Kier alpha value is -1.41. The molecule has 1 aliphatic carbocycles. The summed E-state index contributed by atoms with van der Waals surface area (Å²) in [5.74, 6) is 1.35. The highest BCUT2D eigenvalue weighted by Crippen LogP contribution is 2.39. The number of nitrogens with two attached hydrogens (primary N) is 1. The summed E-state index contributed by atoms with van der Waals surface area (Å²) in [6.45, 7) is 2.28. The SMILES string of the molecule is CCCC1CCC(N)C(c2cccc3cnccc23)C1. The van der Waals surface area contributed by atoms with E-state index in [1.54, 1.807) is 0 Å². The van der Waals surface area contributed by atoms with Crippen molar-refractivity contribution in [1.82, 2.24) is 4.98 Å². The Morgan fingerprint density at radius 3 is 3.00 bits per heavy atom. The van der Waals surface area contributed by atoms with Gasteiger partial charge in [0.1, 0.15) is 0 Å². The molecule has 0 saturated heterocycles. The molecular weight excluding hydrogens is 244 g/mol. The Kier molecular flexibility index (Phi) is 4.02. The second kappa shape index (κ2) is 5.92. The van der Waals surface area contributed by atoms with E-state index in [9.17, 15) is 0 Å². The van der Waals surface area contributed by atoms with Gasteiger partial charge >= 0.3 is 0 Å². The highest BCUT2D eigenvalue weighted by molar-refractivity contribution is 5.85. The van der Waals surface area contributed by atoms with Crippen LogP contribution < -0.4 is 5.73 Å². The number of nitrogens with zero attached hydrogens (tertiary/aromatic N) is 1. The molecule has 1 aliphatic rings. The second-order valence-corrected chi connectivity index (χ2v) is 6.18. The van der Waals surface area contributed by atoms with Gasteiger partial charge in [-0.15, -0.1) is 0 Å². The predicted molar refractivity (Wildman–Crippen MR) is 84.7 cm³/mol. The van der Waals surface area contributed by atoms with Gasteiger partial charge < -0.3 is 5.73 Å². The van der Waals surface area contributed by atoms with E-state index < -0.39 is 0 Å². The molecule has 0 bridgehead atoms. The minimum absolute atomic E-state index is 0.307. The van der Waals surface area contributed by atoms with Crippen molar-refractivity contribution in [3.8, 4) is 0 Å². The molecule has 1 aromatic heterocycles. The molecule has 1 fully saturated rings. The van der Waals surface area contributed by atoms with Crippen molar-refractivity contribution in [3.05, 3.63) is 42.2 Å². The van der Waals surface area contributed by atoms with E-state index in [0.29, 0.717) is 12.0 Å². The average molecular weight is 268 g/mol. The number of pyridine rings is 1. The Balaban J connectivity index is 1.96. The van der Waals surface area contributed by atoms with Gasteiger partial charge in [-0.05, 0) is 48.1 Å². The van der Waals surface area contributed by atoms with Crippen molar-refractivity contribution in [2.24, 2.45) is 11.7 Å². The normalized spacial score (nSPS) is 26.8. The molecule has 106 valence electrons. The van der Waals surface area contributed by atoms with Crippen molar-refractivity contribution in [2.75, 3.05) is 0 Å². The van der Waals surface area contributed by atoms with E-state index in [-0.39, 0.29) is 0 Å². The standard InChI is InChI=1S/C18H24N2/c1-2-4-13-7-8-18(19)17(11-13)16-6-3-5-14-12-20-10-9-15(14)16/h3,5-6,9-10,12-13,17-18H,2,4,7-8,11,19H2,1H3. The van der Waals surface area contributed by atoms with Crippen LogP contribution in [0.1, 0.15) is 50.5 Å². The fraction of sp³-hybridized carbons (Fsp3) is 0.500. The van der Waals surface area contributed by atoms with Gasteiger partial charge in [0.25, 0.3) is 0 Å². The van der Waals surface area contributed by atoms with Crippen LogP contribution in [-0.2, 0) is 0 Å². The summed E-state index contributed by atoms with van der Waals surface area (Å²) in [7, 11) is 0. The molecule has 0 radical (unpaired) electrons. The summed E-state index contributed by atoms with van der Waals surface area (Å²) in [4.78, 5) is 4.23. The maximum absolute atomic E-state index is 6.44. The van der Waals surface area contributed by atoms with E-state index in [1.165, 1.54) is 42.0 Å². The smallest absolute Gasteiger partial charge is 0.0346 e. The topological polar surface area (TPSA) is 38.9 Å². The van der Waals surface area contributed by atoms with Crippen LogP contribution in [0.25, 0.3) is 10.8 Å². The van der Waals surface area contributed by atoms with Crippen LogP contribution in [0.5, 0.6) is 0 Å². The minimum atomic E-state index is 0.307. The van der Waals surface area contributed by atoms with Crippen molar-refractivity contribution < 1.29 is 0 Å². The van der Waals surface area contributed by atoms with Crippen molar-refractivity contribution in [1.29, 1.82) is 0 Å². The predicted octanol–water partition coefficient (Wildman–Crippen LogP) is 4.25. The summed E-state index contributed by atoms with van der Waals surface area (Å²) in [6.07, 6.45) is 10.2. The van der Waals surface area contributed by atoms with Gasteiger partial charge in [-0.1, -0.05) is 38.0 Å². The molecule has 1 saturated carbocycles. The summed E-state index contributed by atoms with van der Waals surface area (Å²) in [5, 5.41) is 2.56. The molecule has 20 heavy (non-hydrogen) atoms. The first kappa shape index (κ1) is 13.6. The lowest BCUT2D eigenvalue weighted by Gasteiger charge is -2.35. The second-order valence-electron chi connectivity index (χ2n) is 6.18. The Bertz CT molecular complexity index is 573. The van der Waals surface area contributed by atoms with Crippen LogP contribution in [-0.4, -0.2) is 11.0 Å². The third kappa shape index (κ3) is 2.57. The largest absolute Gasteiger partial charge is 0.327 e. The minimum Gasteiger partial charge on any atom is -0.327 e. The van der Waals surface area contributed by atoms with E-state index in [0.717, 1.165) is 12.3 Å². The molecule has 2 N–H and O–H groups in total. The molecule has 3 unspecified atom stereocenters. The van der Waals surface area contributed by atoms with Crippen LogP contribution in [0.3, 0.4) is 0 Å². The van der Waals surface area contributed by atoms with E-state index in [4.69, 9.17) is 5.73 Å². The van der Waals surface area contributed by atoms with Gasteiger partial charge in [0, 0.05) is 23.8 Å². The summed E-state index contributed by atoms with van der Waals surface area (Å²) in [6, 6.07) is 9.00. The number of benzene rings is 1. The molecule has 3 atom stereocenters. The lowest BCUT2D eigenvalue weighted by Crippen LogP contribution is -2.34. The average Bonchev–Trinajstić information content (AvgIpc) is 2.49. The maximum Gasteiger partial charge on any atom is 0.0346 e. The zero-order chi connectivity index (χ0) is 13.9. The Morgan fingerprint density at radius 1 is 1.25 bits per heavy atom. The van der Waals surface area contributed by atoms with Crippen molar-refractivity contribution >= 4 is 10.8 Å². The van der Waals surface area contributed by atoms with Gasteiger partial charge in [-0.25, -0.2) is 0 Å². The van der Waals surface area contributed by atoms with E-state index >= 15 is 0 Å². The molecule has 0 aliphatic heterocycles. The first-order chi connectivity index (χ1) is 9.79. The molecule has 2 heteroatoms. The van der Waals surface area contributed by atoms with Gasteiger partial charge in [-0.2, -0.15) is 0 Å². The molecule has 1 heterocycles. The van der Waals surface area contributed by atoms with Gasteiger partial charge in [0.2, 0.25) is 0 Å². The van der Waals surface area contributed by atoms with Gasteiger partial charge in [-0.3, -0.25) is 4.98 Å². The van der Waals surface area contributed by atoms with Crippen molar-refractivity contribution in [2.45, 2.75) is 51.0 Å². The zero-order valence-corrected chi connectivity index (χ0v) is 12.3. The highest BCUT2D eigenvalue weighted by Gasteiger charge is 2.29. The van der Waals surface area contributed by atoms with Crippen LogP contribution in [0.4, 0.5) is 0 Å². The van der Waals surface area contributed by atoms with Crippen molar-refractivity contribution in [3.63, 3.8) is 0 Å². The van der Waals surface area contributed by atoms with Crippen LogP contribution >= 0.6 is 0 Å². The third-order valence-corrected chi connectivity index (χ3v) is 4.82. The molecular formula is C18H24N2. The lowest BCUT2D eigenvalue weighted by molar-refractivity contribution is 0.275. The fourth-order valence-corrected chi connectivity index (χ4v) is 3.78. The quantitative estimate of drug-likeness (QED) is 0.904. The van der Waals surface area contributed by atoms with Gasteiger partial charge in [0.05, 0.1) is 0 Å². The first-order valence-electron chi connectivity index (χ1n) is 7.87. The number of aromatic nitrogens is 1. The maximum atomic E-state index is 6.44. The Labute approximate surface area is 121 Å². The summed E-state index contributed by atoms with van der Waals surface area (Å²) in [5.41, 5.74) is 7.87. The number of hydrogen-bond acceptors (Lipinski definition) is 2. The molecule has 0 spiro atoms. The highest BCUT2D eigenvalue weighted by atomic mass is 14.7. The number of fused-ring (bicyclic) bond motifs is 1. The third-order valence-electron chi connectivity index (χ3n) is 4.82.